The summed E-state index contributed by atoms with van der Waals surface area (Å²) < 4.78 is 4.66. The average molecular weight is 587 g/mol. The first-order valence-corrected chi connectivity index (χ1v) is 15.6. The molecular weight excluding hydrogens is 560 g/mol. The lowest BCUT2D eigenvalue weighted by Gasteiger charge is -2.13. The number of hydrogen-bond donors (Lipinski definition) is 0. The van der Waals surface area contributed by atoms with Gasteiger partial charge in [-0.05, 0) is 65.4 Å². The number of benzene rings is 7. The number of aromatic nitrogens is 4. The number of rotatable bonds is 3. The topological polar surface area (TPSA) is 35.6 Å². The molecule has 0 aliphatic heterocycles. The zero-order chi connectivity index (χ0) is 30.2. The summed E-state index contributed by atoms with van der Waals surface area (Å²) in [5.41, 5.74) is 7.59. The van der Waals surface area contributed by atoms with E-state index in [4.69, 9.17) is 9.97 Å². The third-order valence-electron chi connectivity index (χ3n) is 9.28. The molecule has 0 saturated heterocycles. The van der Waals surface area contributed by atoms with E-state index in [0.29, 0.717) is 5.82 Å². The monoisotopic (exact) mass is 586 g/mol. The van der Waals surface area contributed by atoms with Crippen LogP contribution in [0.2, 0.25) is 0 Å². The predicted octanol–water partition coefficient (Wildman–Crippen LogP) is 10.6. The van der Waals surface area contributed by atoms with Gasteiger partial charge in [-0.1, -0.05) is 103 Å². The highest BCUT2D eigenvalue weighted by molar-refractivity contribution is 6.14. The second-order valence-corrected chi connectivity index (χ2v) is 11.9. The van der Waals surface area contributed by atoms with Gasteiger partial charge in [-0.2, -0.15) is 0 Å². The second-order valence-electron chi connectivity index (χ2n) is 11.9. The summed E-state index contributed by atoms with van der Waals surface area (Å²) in [7, 11) is 0. The smallest absolute Gasteiger partial charge is 0.162 e. The molecule has 0 amide bonds. The quantitative estimate of drug-likeness (QED) is 0.206. The Bertz CT molecular complexity index is 2810. The minimum absolute atomic E-state index is 0.701. The summed E-state index contributed by atoms with van der Waals surface area (Å²) in [5.74, 6) is 1.58. The van der Waals surface area contributed by atoms with Crippen LogP contribution in [0, 0.1) is 0 Å². The number of hydrogen-bond acceptors (Lipinski definition) is 2. The molecule has 4 nitrogen and oxygen atoms in total. The van der Waals surface area contributed by atoms with Gasteiger partial charge in [0.25, 0.3) is 0 Å². The molecule has 0 spiro atoms. The van der Waals surface area contributed by atoms with E-state index in [9.17, 15) is 0 Å². The van der Waals surface area contributed by atoms with Crippen LogP contribution in [-0.4, -0.2) is 19.1 Å². The van der Waals surface area contributed by atoms with Gasteiger partial charge in [0.15, 0.2) is 5.82 Å². The van der Waals surface area contributed by atoms with E-state index in [-0.39, 0.29) is 0 Å². The zero-order valence-electron chi connectivity index (χ0n) is 24.8. The molecule has 0 saturated carbocycles. The highest BCUT2D eigenvalue weighted by Gasteiger charge is 2.19. The van der Waals surface area contributed by atoms with Crippen molar-refractivity contribution in [1.82, 2.24) is 19.1 Å². The highest BCUT2D eigenvalue weighted by atomic mass is 15.1. The summed E-state index contributed by atoms with van der Waals surface area (Å²) in [6, 6.07) is 56.0. The van der Waals surface area contributed by atoms with Crippen LogP contribution in [0.3, 0.4) is 0 Å². The fraction of sp³-hybridized carbons (Fsp3) is 0. The van der Waals surface area contributed by atoms with Crippen LogP contribution >= 0.6 is 0 Å². The fourth-order valence-corrected chi connectivity index (χ4v) is 7.21. The van der Waals surface area contributed by atoms with Crippen LogP contribution in [-0.2, 0) is 0 Å². The van der Waals surface area contributed by atoms with Crippen molar-refractivity contribution in [3.8, 4) is 22.9 Å². The third-order valence-corrected chi connectivity index (χ3v) is 9.28. The van der Waals surface area contributed by atoms with Crippen molar-refractivity contribution in [1.29, 1.82) is 0 Å². The average Bonchev–Trinajstić information content (AvgIpc) is 3.62. The van der Waals surface area contributed by atoms with Gasteiger partial charge in [0, 0.05) is 38.2 Å². The summed E-state index contributed by atoms with van der Waals surface area (Å²) in [4.78, 5) is 10.6. The molecule has 46 heavy (non-hydrogen) atoms. The summed E-state index contributed by atoms with van der Waals surface area (Å²) in [5, 5.41) is 8.31. The molecule has 10 rings (SSSR count). The van der Waals surface area contributed by atoms with Crippen LogP contribution in [0.15, 0.2) is 158 Å². The van der Waals surface area contributed by atoms with Gasteiger partial charge in [0.2, 0.25) is 0 Å². The van der Waals surface area contributed by atoms with Gasteiger partial charge in [-0.15, -0.1) is 0 Å². The normalized spacial score (nSPS) is 11.9. The Morgan fingerprint density at radius 3 is 1.76 bits per heavy atom. The van der Waals surface area contributed by atoms with Crippen molar-refractivity contribution in [2.75, 3.05) is 0 Å². The number of para-hydroxylation sites is 4. The molecule has 0 unspecified atom stereocenters. The molecule has 0 fully saturated rings. The van der Waals surface area contributed by atoms with E-state index in [2.05, 4.69) is 167 Å². The molecule has 0 atom stereocenters. The molecular formula is C42H26N4. The maximum absolute atomic E-state index is 5.40. The maximum atomic E-state index is 5.40. The molecule has 3 heterocycles. The van der Waals surface area contributed by atoms with Crippen molar-refractivity contribution in [3.63, 3.8) is 0 Å². The zero-order valence-corrected chi connectivity index (χ0v) is 24.8. The molecule has 4 heteroatoms. The lowest BCUT2D eigenvalue weighted by molar-refractivity contribution is 1.08. The highest BCUT2D eigenvalue weighted by Crippen LogP contribution is 2.38. The van der Waals surface area contributed by atoms with Crippen molar-refractivity contribution in [3.05, 3.63) is 158 Å². The van der Waals surface area contributed by atoms with E-state index in [1.54, 1.807) is 0 Å². The SMILES string of the molecule is c1ccc(-n2c3ccccc3c3ccc(-c4nc(-n5c6ccccc6c6cc7ccccc7cc65)c5ccccc5n4)cc32)cc1. The van der Waals surface area contributed by atoms with Gasteiger partial charge < -0.3 is 4.57 Å². The summed E-state index contributed by atoms with van der Waals surface area (Å²) >= 11 is 0. The molecule has 3 aromatic heterocycles. The van der Waals surface area contributed by atoms with E-state index < -0.39 is 0 Å². The molecule has 10 aromatic rings. The Labute approximate surface area is 264 Å². The molecule has 0 aliphatic carbocycles. The Kier molecular flexibility index (Phi) is 5.25. The molecule has 7 aromatic carbocycles. The first kappa shape index (κ1) is 25.1. The summed E-state index contributed by atoms with van der Waals surface area (Å²) in [6.45, 7) is 0. The van der Waals surface area contributed by atoms with E-state index in [1.165, 1.54) is 37.8 Å². The van der Waals surface area contributed by atoms with E-state index in [1.807, 2.05) is 0 Å². The standard InChI is InChI=1S/C42H26N4/c1-2-14-30(15-3-1)45-37-20-10-7-16-31(37)33-23-22-29(26-39(33)45)41-43-36-19-9-6-18-34(36)42(44-41)46-38-21-11-8-17-32(38)35-24-27-12-4-5-13-28(27)25-40(35)46/h1-26H. The lowest BCUT2D eigenvalue weighted by Crippen LogP contribution is -2.03. The second kappa shape index (κ2) is 9.62. The van der Waals surface area contributed by atoms with Crippen LogP contribution in [0.4, 0.5) is 0 Å². The Morgan fingerprint density at radius 2 is 0.957 bits per heavy atom. The minimum Gasteiger partial charge on any atom is -0.309 e. The molecule has 0 bridgehead atoms. The Morgan fingerprint density at radius 1 is 0.370 bits per heavy atom. The molecule has 0 N–H and O–H groups in total. The molecule has 0 aliphatic rings. The number of nitrogens with zero attached hydrogens (tertiary/aromatic N) is 4. The first-order chi connectivity index (χ1) is 22.8. The molecule has 0 radical (unpaired) electrons. The van der Waals surface area contributed by atoms with Crippen LogP contribution in [0.25, 0.3) is 88.2 Å². The van der Waals surface area contributed by atoms with Crippen molar-refractivity contribution >= 4 is 65.3 Å². The van der Waals surface area contributed by atoms with Gasteiger partial charge in [0.05, 0.1) is 27.6 Å². The first-order valence-electron chi connectivity index (χ1n) is 15.6. The van der Waals surface area contributed by atoms with Crippen LogP contribution in [0.5, 0.6) is 0 Å². The van der Waals surface area contributed by atoms with Gasteiger partial charge in [-0.25, -0.2) is 9.97 Å². The summed E-state index contributed by atoms with van der Waals surface area (Å²) in [6.07, 6.45) is 0. The largest absolute Gasteiger partial charge is 0.309 e. The van der Waals surface area contributed by atoms with Gasteiger partial charge in [-0.3, -0.25) is 4.57 Å². The maximum Gasteiger partial charge on any atom is 0.162 e. The Hall–Kier alpha value is -6.26. The lowest BCUT2D eigenvalue weighted by atomic mass is 10.1. The van der Waals surface area contributed by atoms with Crippen LogP contribution < -0.4 is 0 Å². The Balaban J connectivity index is 1.28. The van der Waals surface area contributed by atoms with E-state index >= 15 is 0 Å². The third kappa shape index (κ3) is 3.61. The molecule has 214 valence electrons. The van der Waals surface area contributed by atoms with Gasteiger partial charge in [0.1, 0.15) is 5.82 Å². The van der Waals surface area contributed by atoms with Gasteiger partial charge >= 0.3 is 0 Å². The number of fused-ring (bicyclic) bond motifs is 8. The van der Waals surface area contributed by atoms with Crippen LogP contribution in [0.1, 0.15) is 0 Å². The fourth-order valence-electron chi connectivity index (χ4n) is 7.21. The van der Waals surface area contributed by atoms with Crippen molar-refractivity contribution < 1.29 is 0 Å². The van der Waals surface area contributed by atoms with Crippen molar-refractivity contribution in [2.45, 2.75) is 0 Å². The minimum atomic E-state index is 0.701. The predicted molar refractivity (Wildman–Crippen MR) is 191 cm³/mol. The van der Waals surface area contributed by atoms with E-state index in [0.717, 1.165) is 44.5 Å². The van der Waals surface area contributed by atoms with Crippen molar-refractivity contribution in [2.24, 2.45) is 0 Å².